The number of aliphatic imine (C=N–C) groups is 1. The van der Waals surface area contributed by atoms with Crippen molar-refractivity contribution in [2.75, 3.05) is 7.11 Å². The average molecular weight is 199 g/mol. The number of hydrogen-bond donors (Lipinski definition) is 0. The molecule has 0 saturated heterocycles. The zero-order valence-electron chi connectivity index (χ0n) is 7.38. The molecule has 0 saturated carbocycles. The van der Waals surface area contributed by atoms with Crippen molar-refractivity contribution in [3.63, 3.8) is 0 Å². The van der Waals surface area contributed by atoms with Gasteiger partial charge in [-0.3, -0.25) is 0 Å². The molecule has 0 aliphatic rings. The van der Waals surface area contributed by atoms with Crippen LogP contribution < -0.4 is 4.74 Å². The van der Waals surface area contributed by atoms with Gasteiger partial charge in [0, 0.05) is 0 Å². The van der Waals surface area contributed by atoms with Crippen molar-refractivity contribution in [1.82, 2.24) is 0 Å². The van der Waals surface area contributed by atoms with Crippen molar-refractivity contribution in [2.24, 2.45) is 4.99 Å². The second-order valence-electron chi connectivity index (χ2n) is 2.45. The van der Waals surface area contributed by atoms with Gasteiger partial charge in [-0.2, -0.15) is 0 Å². The molecule has 5 heteroatoms. The van der Waals surface area contributed by atoms with Crippen LogP contribution in [0, 0.1) is 11.6 Å². The first-order valence-corrected chi connectivity index (χ1v) is 3.75. The summed E-state index contributed by atoms with van der Waals surface area (Å²) in [6.07, 6.45) is 1.24. The molecule has 1 aromatic carbocycles. The van der Waals surface area contributed by atoms with Crippen LogP contribution in [-0.2, 0) is 11.3 Å². The Morgan fingerprint density at radius 3 is 2.79 bits per heavy atom. The molecule has 1 rings (SSSR count). The van der Waals surface area contributed by atoms with Gasteiger partial charge >= 0.3 is 0 Å². The third-order valence-electron chi connectivity index (χ3n) is 1.67. The second kappa shape index (κ2) is 4.48. The van der Waals surface area contributed by atoms with Gasteiger partial charge in [0.2, 0.25) is 6.08 Å². The van der Waals surface area contributed by atoms with Gasteiger partial charge in [0.1, 0.15) is 5.75 Å². The highest BCUT2D eigenvalue weighted by atomic mass is 19.2. The second-order valence-corrected chi connectivity index (χ2v) is 2.45. The lowest BCUT2D eigenvalue weighted by Crippen LogP contribution is -1.97. The lowest BCUT2D eigenvalue weighted by atomic mass is 10.2. The maximum atomic E-state index is 13.1. The third-order valence-corrected chi connectivity index (χ3v) is 1.67. The molecule has 0 atom stereocenters. The number of rotatable bonds is 3. The minimum atomic E-state index is -1.05. The van der Waals surface area contributed by atoms with E-state index in [1.165, 1.54) is 19.3 Å². The fraction of sp³-hybridized carbons (Fsp3) is 0.222. The lowest BCUT2D eigenvalue weighted by Gasteiger charge is -2.06. The molecule has 0 amide bonds. The van der Waals surface area contributed by atoms with Crippen molar-refractivity contribution < 1.29 is 18.3 Å². The summed E-state index contributed by atoms with van der Waals surface area (Å²) < 4.78 is 30.7. The van der Waals surface area contributed by atoms with Crippen LogP contribution in [0.4, 0.5) is 8.78 Å². The van der Waals surface area contributed by atoms with E-state index in [9.17, 15) is 13.6 Å². The summed E-state index contributed by atoms with van der Waals surface area (Å²) in [4.78, 5) is 13.0. The molecule has 0 radical (unpaired) electrons. The Bertz CT molecular complexity index is 387. The monoisotopic (exact) mass is 199 g/mol. The summed E-state index contributed by atoms with van der Waals surface area (Å²) >= 11 is 0. The number of carbonyl (C=O) groups excluding carboxylic acids is 1. The Morgan fingerprint density at radius 1 is 1.50 bits per heavy atom. The van der Waals surface area contributed by atoms with Gasteiger partial charge in [-0.25, -0.2) is 18.6 Å². The molecule has 0 aliphatic heterocycles. The Balaban J connectivity index is 3.20. The minimum Gasteiger partial charge on any atom is -0.496 e. The smallest absolute Gasteiger partial charge is 0.235 e. The van der Waals surface area contributed by atoms with E-state index >= 15 is 0 Å². The number of benzene rings is 1. The fourth-order valence-electron chi connectivity index (χ4n) is 1.02. The highest BCUT2D eigenvalue weighted by Gasteiger charge is 2.13. The van der Waals surface area contributed by atoms with E-state index < -0.39 is 11.6 Å². The van der Waals surface area contributed by atoms with E-state index in [-0.39, 0.29) is 17.9 Å². The van der Waals surface area contributed by atoms with Crippen molar-refractivity contribution in [3.8, 4) is 5.75 Å². The quantitative estimate of drug-likeness (QED) is 0.550. The zero-order chi connectivity index (χ0) is 10.6. The third kappa shape index (κ3) is 1.95. The van der Waals surface area contributed by atoms with Crippen LogP contribution in [0.3, 0.4) is 0 Å². The zero-order valence-corrected chi connectivity index (χ0v) is 7.38. The molecule has 0 fully saturated rings. The van der Waals surface area contributed by atoms with E-state index in [0.717, 1.165) is 6.07 Å². The molecular weight excluding hydrogens is 192 g/mol. The van der Waals surface area contributed by atoms with E-state index in [2.05, 4.69) is 4.99 Å². The van der Waals surface area contributed by atoms with Crippen LogP contribution in [0.5, 0.6) is 5.75 Å². The van der Waals surface area contributed by atoms with Gasteiger partial charge in [0.15, 0.2) is 11.6 Å². The molecule has 0 unspecified atom stereocenters. The van der Waals surface area contributed by atoms with Gasteiger partial charge in [-0.05, 0) is 12.1 Å². The van der Waals surface area contributed by atoms with Crippen molar-refractivity contribution in [2.45, 2.75) is 6.54 Å². The SMILES string of the molecule is COc1ccc(F)c(F)c1CN=C=O. The predicted octanol–water partition coefficient (Wildman–Crippen LogP) is 1.81. The van der Waals surface area contributed by atoms with Gasteiger partial charge in [0.05, 0.1) is 19.2 Å². The largest absolute Gasteiger partial charge is 0.496 e. The average Bonchev–Trinajstić information content (AvgIpc) is 2.20. The summed E-state index contributed by atoms with van der Waals surface area (Å²) in [5, 5.41) is 0. The number of halogens is 2. The highest BCUT2D eigenvalue weighted by Crippen LogP contribution is 2.24. The van der Waals surface area contributed by atoms with Gasteiger partial charge in [-0.15, -0.1) is 0 Å². The van der Waals surface area contributed by atoms with E-state index in [1.54, 1.807) is 0 Å². The van der Waals surface area contributed by atoms with Crippen LogP contribution in [-0.4, -0.2) is 13.2 Å². The first-order chi connectivity index (χ1) is 6.70. The maximum absolute atomic E-state index is 13.1. The van der Waals surface area contributed by atoms with Gasteiger partial charge in [-0.1, -0.05) is 0 Å². The van der Waals surface area contributed by atoms with Crippen LogP contribution in [0.2, 0.25) is 0 Å². The maximum Gasteiger partial charge on any atom is 0.235 e. The Hall–Kier alpha value is -1.74. The standard InChI is InChI=1S/C9H7F2NO2/c1-14-8-3-2-7(10)9(11)6(8)4-12-5-13/h2-3H,4H2,1H3. The van der Waals surface area contributed by atoms with Gasteiger partial charge < -0.3 is 4.74 Å². The fourth-order valence-corrected chi connectivity index (χ4v) is 1.02. The highest BCUT2D eigenvalue weighted by molar-refractivity contribution is 5.38. The number of hydrogen-bond acceptors (Lipinski definition) is 3. The molecule has 0 aromatic heterocycles. The summed E-state index contributed by atoms with van der Waals surface area (Å²) in [5.41, 5.74) is -0.0872. The molecule has 0 bridgehead atoms. The number of methoxy groups -OCH3 is 1. The first kappa shape index (κ1) is 10.3. The summed E-state index contributed by atoms with van der Waals surface area (Å²) in [6, 6.07) is 2.22. The lowest BCUT2D eigenvalue weighted by molar-refractivity contribution is 0.398. The normalized spacial score (nSPS) is 9.36. The number of ether oxygens (including phenoxy) is 1. The summed E-state index contributed by atoms with van der Waals surface area (Å²) in [5.74, 6) is -1.90. The molecule has 14 heavy (non-hydrogen) atoms. The molecule has 0 heterocycles. The topological polar surface area (TPSA) is 38.7 Å². The molecule has 0 spiro atoms. The molecule has 1 aromatic rings. The Kier molecular flexibility index (Phi) is 3.31. The number of nitrogens with zero attached hydrogens (tertiary/aromatic N) is 1. The van der Waals surface area contributed by atoms with E-state index in [1.807, 2.05) is 0 Å². The molecule has 74 valence electrons. The van der Waals surface area contributed by atoms with Crippen LogP contribution in [0.1, 0.15) is 5.56 Å². The molecular formula is C9H7F2NO2. The summed E-state index contributed by atoms with van der Waals surface area (Å²) in [6.45, 7) is -0.281. The minimum absolute atomic E-state index is 0.0872. The van der Waals surface area contributed by atoms with E-state index in [0.29, 0.717) is 0 Å². The Labute approximate surface area is 79.0 Å². The van der Waals surface area contributed by atoms with Crippen LogP contribution >= 0.6 is 0 Å². The molecule has 0 aliphatic carbocycles. The Morgan fingerprint density at radius 2 is 2.21 bits per heavy atom. The molecule has 3 nitrogen and oxygen atoms in total. The van der Waals surface area contributed by atoms with E-state index in [4.69, 9.17) is 4.74 Å². The van der Waals surface area contributed by atoms with Gasteiger partial charge in [0.25, 0.3) is 0 Å². The van der Waals surface area contributed by atoms with Crippen LogP contribution in [0.15, 0.2) is 17.1 Å². The predicted molar refractivity (Wildman–Crippen MR) is 44.7 cm³/mol. The molecule has 0 N–H and O–H groups in total. The van der Waals surface area contributed by atoms with Crippen LogP contribution in [0.25, 0.3) is 0 Å². The first-order valence-electron chi connectivity index (χ1n) is 3.75. The van der Waals surface area contributed by atoms with Crippen molar-refractivity contribution in [3.05, 3.63) is 29.3 Å². The number of isocyanates is 1. The summed E-state index contributed by atoms with van der Waals surface area (Å²) in [7, 11) is 1.32. The van der Waals surface area contributed by atoms with Crippen molar-refractivity contribution >= 4 is 6.08 Å². The van der Waals surface area contributed by atoms with Crippen molar-refractivity contribution in [1.29, 1.82) is 0 Å².